The predicted octanol–water partition coefficient (Wildman–Crippen LogP) is 6.52. The zero-order valence-corrected chi connectivity index (χ0v) is 13.6. The fraction of sp³-hybridized carbons (Fsp3) is 0.0526. The monoisotopic (exact) mass is 323 g/mol. The van der Waals surface area contributed by atoms with Crippen molar-refractivity contribution >= 4 is 34.7 Å². The highest BCUT2D eigenvalue weighted by atomic mass is 35.5. The molecule has 0 radical (unpaired) electrons. The Hall–Kier alpha value is -1.90. The van der Waals surface area contributed by atoms with Crippen molar-refractivity contribution < 1.29 is 0 Å². The van der Waals surface area contributed by atoms with Gasteiger partial charge in [0.25, 0.3) is 0 Å². The molecule has 108 valence electrons. The predicted molar refractivity (Wildman–Crippen MR) is 95.5 cm³/mol. The van der Waals surface area contributed by atoms with Crippen molar-refractivity contribution in [1.29, 1.82) is 0 Å². The quantitative estimate of drug-likeness (QED) is 0.427. The van der Waals surface area contributed by atoms with E-state index in [4.69, 9.17) is 11.6 Å². The van der Waals surface area contributed by atoms with Gasteiger partial charge < -0.3 is 5.32 Å². The van der Waals surface area contributed by atoms with Crippen LogP contribution in [0.4, 0.5) is 11.4 Å². The Morgan fingerprint density at radius 3 is 2.55 bits per heavy atom. The van der Waals surface area contributed by atoms with Crippen molar-refractivity contribution in [3.05, 3.63) is 71.2 Å². The van der Waals surface area contributed by atoms with Crippen LogP contribution in [0.25, 0.3) is 11.1 Å². The summed E-state index contributed by atoms with van der Waals surface area (Å²) in [5.41, 5.74) is 6.08. The fourth-order valence-corrected chi connectivity index (χ4v) is 4.09. The molecule has 1 aliphatic rings. The van der Waals surface area contributed by atoms with E-state index >= 15 is 0 Å². The molecule has 0 aliphatic carbocycles. The number of aryl methyl sites for hydroxylation is 1. The van der Waals surface area contributed by atoms with Gasteiger partial charge in [-0.1, -0.05) is 59.8 Å². The Labute approximate surface area is 139 Å². The smallest absolute Gasteiger partial charge is 0.0608 e. The molecule has 0 spiro atoms. The van der Waals surface area contributed by atoms with Crippen molar-refractivity contribution in [3.8, 4) is 11.1 Å². The van der Waals surface area contributed by atoms with Gasteiger partial charge >= 0.3 is 0 Å². The summed E-state index contributed by atoms with van der Waals surface area (Å²) < 4.78 is 0. The highest BCUT2D eigenvalue weighted by Crippen LogP contribution is 2.49. The Balaban J connectivity index is 1.90. The summed E-state index contributed by atoms with van der Waals surface area (Å²) >= 11 is 7.88. The molecule has 0 bridgehead atoms. The van der Waals surface area contributed by atoms with Gasteiger partial charge in [-0.2, -0.15) is 0 Å². The van der Waals surface area contributed by atoms with Gasteiger partial charge in [0.15, 0.2) is 0 Å². The molecule has 0 saturated carbocycles. The highest BCUT2D eigenvalue weighted by Gasteiger charge is 2.20. The summed E-state index contributed by atoms with van der Waals surface area (Å²) in [5, 5.41) is 4.37. The summed E-state index contributed by atoms with van der Waals surface area (Å²) in [6.45, 7) is 2.16. The van der Waals surface area contributed by atoms with Crippen LogP contribution in [0, 0.1) is 6.92 Å². The van der Waals surface area contributed by atoms with E-state index < -0.39 is 0 Å². The zero-order valence-electron chi connectivity index (χ0n) is 12.1. The van der Waals surface area contributed by atoms with Gasteiger partial charge in [0, 0.05) is 20.4 Å². The summed E-state index contributed by atoms with van der Waals surface area (Å²) in [6.07, 6.45) is 0. The maximum absolute atomic E-state index is 6.12. The van der Waals surface area contributed by atoms with E-state index in [0.29, 0.717) is 0 Å². The van der Waals surface area contributed by atoms with Crippen molar-refractivity contribution in [2.45, 2.75) is 16.7 Å². The van der Waals surface area contributed by atoms with Gasteiger partial charge in [0.05, 0.1) is 11.4 Å². The molecule has 1 nitrogen and oxygen atoms in total. The average Bonchev–Trinajstić information content (AvgIpc) is 2.54. The lowest BCUT2D eigenvalue weighted by Gasteiger charge is -2.25. The van der Waals surface area contributed by atoms with Crippen LogP contribution in [0.5, 0.6) is 0 Å². The van der Waals surface area contributed by atoms with E-state index in [9.17, 15) is 0 Å². The largest absolute Gasteiger partial charge is 0.353 e. The summed E-state index contributed by atoms with van der Waals surface area (Å²) in [4.78, 5) is 2.40. The Morgan fingerprint density at radius 1 is 0.909 bits per heavy atom. The average molecular weight is 324 g/mol. The van der Waals surface area contributed by atoms with Crippen LogP contribution < -0.4 is 5.32 Å². The normalized spacial score (nSPS) is 12.3. The third kappa shape index (κ3) is 2.29. The van der Waals surface area contributed by atoms with E-state index in [2.05, 4.69) is 48.6 Å². The Bertz CT molecular complexity index is 859. The lowest BCUT2D eigenvalue weighted by atomic mass is 9.98. The number of nitrogens with one attached hydrogen (secondary N) is 1. The molecule has 0 aromatic heterocycles. The van der Waals surface area contributed by atoms with Crippen LogP contribution in [-0.4, -0.2) is 0 Å². The number of fused-ring (bicyclic) bond motifs is 2. The van der Waals surface area contributed by atoms with Crippen molar-refractivity contribution in [2.24, 2.45) is 0 Å². The molecule has 0 atom stereocenters. The van der Waals surface area contributed by atoms with Crippen LogP contribution >= 0.6 is 23.4 Å². The lowest BCUT2D eigenvalue weighted by Crippen LogP contribution is -2.03. The molecule has 1 N–H and O–H groups in total. The summed E-state index contributed by atoms with van der Waals surface area (Å²) in [5.74, 6) is 0. The number of rotatable bonds is 1. The number of hydrogen-bond donors (Lipinski definition) is 1. The van der Waals surface area contributed by atoms with E-state index in [1.165, 1.54) is 32.2 Å². The molecule has 0 amide bonds. The van der Waals surface area contributed by atoms with Crippen LogP contribution in [0.15, 0.2) is 70.5 Å². The first kappa shape index (κ1) is 13.7. The zero-order chi connectivity index (χ0) is 15.1. The SMILES string of the molecule is Cc1ccc2c(c1-c1ccccc1)Nc1ccc(Cl)cc1S2. The van der Waals surface area contributed by atoms with E-state index in [1.807, 2.05) is 24.3 Å². The van der Waals surface area contributed by atoms with E-state index in [0.717, 1.165) is 10.7 Å². The standard InChI is InChI=1S/C19H14ClNS/c1-12-7-10-16-19(18(12)13-5-3-2-4-6-13)21-15-9-8-14(20)11-17(15)22-16/h2-11,21H,1H3. The van der Waals surface area contributed by atoms with Crippen molar-refractivity contribution in [1.82, 2.24) is 0 Å². The molecular formula is C19H14ClNS. The van der Waals surface area contributed by atoms with Gasteiger partial charge in [-0.15, -0.1) is 0 Å². The van der Waals surface area contributed by atoms with Crippen LogP contribution in [-0.2, 0) is 0 Å². The minimum atomic E-state index is 0.770. The number of hydrogen-bond acceptors (Lipinski definition) is 2. The number of anilines is 2. The van der Waals surface area contributed by atoms with Crippen molar-refractivity contribution in [2.75, 3.05) is 5.32 Å². The molecule has 1 heterocycles. The minimum absolute atomic E-state index is 0.770. The third-order valence-electron chi connectivity index (χ3n) is 3.86. The van der Waals surface area contributed by atoms with E-state index in [1.54, 1.807) is 11.8 Å². The van der Waals surface area contributed by atoms with Gasteiger partial charge in [-0.3, -0.25) is 0 Å². The molecule has 0 saturated heterocycles. The molecular weight excluding hydrogens is 310 g/mol. The number of benzene rings is 3. The van der Waals surface area contributed by atoms with Gasteiger partial charge in [0.1, 0.15) is 0 Å². The van der Waals surface area contributed by atoms with Crippen molar-refractivity contribution in [3.63, 3.8) is 0 Å². The maximum Gasteiger partial charge on any atom is 0.0608 e. The van der Waals surface area contributed by atoms with Gasteiger partial charge in [-0.05, 0) is 42.3 Å². The molecule has 3 heteroatoms. The highest BCUT2D eigenvalue weighted by molar-refractivity contribution is 7.99. The maximum atomic E-state index is 6.12. The first-order chi connectivity index (χ1) is 10.7. The van der Waals surface area contributed by atoms with E-state index in [-0.39, 0.29) is 0 Å². The molecule has 4 rings (SSSR count). The molecule has 3 aromatic carbocycles. The summed E-state index contributed by atoms with van der Waals surface area (Å²) in [7, 11) is 0. The fourth-order valence-electron chi connectivity index (χ4n) is 2.81. The van der Waals surface area contributed by atoms with Crippen LogP contribution in [0.3, 0.4) is 0 Å². The van der Waals surface area contributed by atoms with Crippen LogP contribution in [0.2, 0.25) is 5.02 Å². The molecule has 1 aliphatic heterocycles. The number of halogens is 1. The Kier molecular flexibility index (Phi) is 3.36. The third-order valence-corrected chi connectivity index (χ3v) is 5.21. The second-order valence-corrected chi connectivity index (χ2v) is 6.88. The first-order valence-electron chi connectivity index (χ1n) is 7.16. The minimum Gasteiger partial charge on any atom is -0.353 e. The first-order valence-corrected chi connectivity index (χ1v) is 8.35. The molecule has 3 aromatic rings. The second kappa shape index (κ2) is 5.38. The lowest BCUT2D eigenvalue weighted by molar-refractivity contribution is 1.29. The molecule has 22 heavy (non-hydrogen) atoms. The van der Waals surface area contributed by atoms with Gasteiger partial charge in [0.2, 0.25) is 0 Å². The van der Waals surface area contributed by atoms with Gasteiger partial charge in [-0.25, -0.2) is 0 Å². The second-order valence-electron chi connectivity index (χ2n) is 5.36. The topological polar surface area (TPSA) is 12.0 Å². The molecule has 0 fully saturated rings. The summed E-state index contributed by atoms with van der Waals surface area (Å²) in [6, 6.07) is 20.9. The van der Waals surface area contributed by atoms with Crippen LogP contribution in [0.1, 0.15) is 5.56 Å². The Morgan fingerprint density at radius 2 is 1.73 bits per heavy atom. The molecule has 0 unspecified atom stereocenters.